The first-order chi connectivity index (χ1) is 11.3. The lowest BCUT2D eigenvalue weighted by atomic mass is 10.1. The van der Waals surface area contributed by atoms with Gasteiger partial charge in [0.15, 0.2) is 0 Å². The van der Waals surface area contributed by atoms with Crippen LogP contribution in [0.3, 0.4) is 0 Å². The van der Waals surface area contributed by atoms with Crippen LogP contribution in [-0.2, 0) is 20.7 Å². The first-order valence-corrected chi connectivity index (χ1v) is 8.48. The van der Waals surface area contributed by atoms with Gasteiger partial charge in [0.2, 0.25) is 5.91 Å². The lowest BCUT2D eigenvalue weighted by Gasteiger charge is -2.39. The monoisotopic (exact) mass is 319 g/mol. The number of hydrogen-bond donors (Lipinski definition) is 0. The summed E-state index contributed by atoms with van der Waals surface area (Å²) in [6, 6.07) is 8.08. The van der Waals surface area contributed by atoms with Gasteiger partial charge in [-0.15, -0.1) is 0 Å². The van der Waals surface area contributed by atoms with Gasteiger partial charge in [-0.2, -0.15) is 0 Å². The van der Waals surface area contributed by atoms with E-state index in [1.54, 1.807) is 4.90 Å². The second-order valence-corrected chi connectivity index (χ2v) is 6.15. The van der Waals surface area contributed by atoms with E-state index in [1.165, 1.54) is 5.56 Å². The Labute approximate surface area is 137 Å². The minimum atomic E-state index is 0.0339. The Morgan fingerprint density at radius 2 is 2.17 bits per heavy atom. The number of aryl methyl sites for hydroxylation is 1. The van der Waals surface area contributed by atoms with Crippen molar-refractivity contribution in [2.75, 3.05) is 32.9 Å². The number of rotatable bonds is 7. The van der Waals surface area contributed by atoms with Gasteiger partial charge in [0.05, 0.1) is 25.8 Å². The Bertz CT molecular complexity index is 522. The highest BCUT2D eigenvalue weighted by Crippen LogP contribution is 2.23. The van der Waals surface area contributed by atoms with Gasteiger partial charge in [-0.05, 0) is 30.9 Å². The van der Waals surface area contributed by atoms with Gasteiger partial charge in [-0.25, -0.2) is 0 Å². The van der Waals surface area contributed by atoms with Crippen molar-refractivity contribution in [3.63, 3.8) is 0 Å². The summed E-state index contributed by atoms with van der Waals surface area (Å²) in [6.45, 7) is 4.86. The summed E-state index contributed by atoms with van der Waals surface area (Å²) in [5, 5.41) is 0. The van der Waals surface area contributed by atoms with E-state index in [9.17, 15) is 4.79 Å². The number of ether oxygens (including phenoxy) is 3. The number of carbonyl (C=O) groups excluding carboxylic acids is 1. The highest BCUT2D eigenvalue weighted by molar-refractivity contribution is 5.78. The molecule has 1 atom stereocenters. The number of likely N-dealkylation sites (tertiary alicyclic amines) is 1. The average molecular weight is 319 g/mol. The van der Waals surface area contributed by atoms with Crippen LogP contribution in [0.1, 0.15) is 25.3 Å². The lowest BCUT2D eigenvalue weighted by molar-refractivity contribution is -0.146. The van der Waals surface area contributed by atoms with E-state index >= 15 is 0 Å². The molecule has 2 aliphatic rings. The third-order valence-corrected chi connectivity index (χ3v) is 4.40. The molecule has 5 nitrogen and oxygen atoms in total. The molecule has 1 amide bonds. The van der Waals surface area contributed by atoms with Gasteiger partial charge in [0.25, 0.3) is 0 Å². The fourth-order valence-corrected chi connectivity index (χ4v) is 2.95. The van der Waals surface area contributed by atoms with Crippen molar-refractivity contribution in [1.82, 2.24) is 4.90 Å². The van der Waals surface area contributed by atoms with Crippen LogP contribution in [0, 0.1) is 0 Å². The Morgan fingerprint density at radius 1 is 1.35 bits per heavy atom. The maximum atomic E-state index is 12.0. The SMILES string of the molecule is CCc1ccccc1OC1CN(C(=O)COC[C@@H]2CCCO2)C1. The first kappa shape index (κ1) is 16.3. The molecule has 23 heavy (non-hydrogen) atoms. The molecule has 126 valence electrons. The van der Waals surface area contributed by atoms with Gasteiger partial charge in [-0.3, -0.25) is 4.79 Å². The van der Waals surface area contributed by atoms with Gasteiger partial charge >= 0.3 is 0 Å². The molecular formula is C18H25NO4. The average Bonchev–Trinajstić information content (AvgIpc) is 3.04. The summed E-state index contributed by atoms with van der Waals surface area (Å²) in [6.07, 6.45) is 3.32. The van der Waals surface area contributed by atoms with E-state index in [-0.39, 0.29) is 24.7 Å². The zero-order chi connectivity index (χ0) is 16.1. The molecule has 0 N–H and O–H groups in total. The van der Waals surface area contributed by atoms with E-state index in [0.717, 1.165) is 31.6 Å². The van der Waals surface area contributed by atoms with Crippen LogP contribution in [-0.4, -0.2) is 55.9 Å². The van der Waals surface area contributed by atoms with Crippen LogP contribution < -0.4 is 4.74 Å². The minimum absolute atomic E-state index is 0.0339. The number of carbonyl (C=O) groups is 1. The normalized spacial score (nSPS) is 21.3. The van der Waals surface area contributed by atoms with Gasteiger partial charge in [-0.1, -0.05) is 25.1 Å². The summed E-state index contributed by atoms with van der Waals surface area (Å²) >= 11 is 0. The highest BCUT2D eigenvalue weighted by Gasteiger charge is 2.32. The summed E-state index contributed by atoms with van der Waals surface area (Å²) in [4.78, 5) is 13.8. The number of nitrogens with zero attached hydrogens (tertiary/aromatic N) is 1. The third kappa shape index (κ3) is 4.24. The quantitative estimate of drug-likeness (QED) is 0.771. The molecule has 0 aromatic heterocycles. The van der Waals surface area contributed by atoms with Crippen LogP contribution >= 0.6 is 0 Å². The maximum absolute atomic E-state index is 12.0. The number of hydrogen-bond acceptors (Lipinski definition) is 4. The highest BCUT2D eigenvalue weighted by atomic mass is 16.5. The Morgan fingerprint density at radius 3 is 2.91 bits per heavy atom. The summed E-state index contributed by atoms with van der Waals surface area (Å²) < 4.78 is 16.9. The molecule has 0 saturated carbocycles. The van der Waals surface area contributed by atoms with Crippen molar-refractivity contribution in [3.8, 4) is 5.75 Å². The molecule has 2 heterocycles. The van der Waals surface area contributed by atoms with Crippen molar-refractivity contribution in [1.29, 1.82) is 0 Å². The minimum Gasteiger partial charge on any atom is -0.486 e. The predicted molar refractivity (Wildman–Crippen MR) is 86.6 cm³/mol. The molecule has 0 aliphatic carbocycles. The molecule has 0 radical (unpaired) electrons. The van der Waals surface area contributed by atoms with Crippen molar-refractivity contribution in [2.24, 2.45) is 0 Å². The lowest BCUT2D eigenvalue weighted by Crippen LogP contribution is -2.57. The number of para-hydroxylation sites is 1. The molecule has 2 saturated heterocycles. The Kier molecular flexibility index (Phi) is 5.51. The van der Waals surface area contributed by atoms with E-state index in [2.05, 4.69) is 13.0 Å². The number of amides is 1. The molecule has 1 aromatic carbocycles. The topological polar surface area (TPSA) is 48.0 Å². The molecule has 2 fully saturated rings. The Hall–Kier alpha value is -1.59. The van der Waals surface area contributed by atoms with Crippen LogP contribution in [0.5, 0.6) is 5.75 Å². The third-order valence-electron chi connectivity index (χ3n) is 4.40. The molecule has 5 heteroatoms. The predicted octanol–water partition coefficient (Wildman–Crippen LogP) is 2.03. The van der Waals surface area contributed by atoms with Crippen LogP contribution in [0.15, 0.2) is 24.3 Å². The second kappa shape index (κ2) is 7.79. The van der Waals surface area contributed by atoms with Crippen LogP contribution in [0.2, 0.25) is 0 Å². The van der Waals surface area contributed by atoms with Gasteiger partial charge in [0, 0.05) is 6.61 Å². The summed E-state index contributed by atoms with van der Waals surface area (Å²) in [5.41, 5.74) is 1.21. The summed E-state index contributed by atoms with van der Waals surface area (Å²) in [7, 11) is 0. The molecular weight excluding hydrogens is 294 g/mol. The summed E-state index contributed by atoms with van der Waals surface area (Å²) in [5.74, 6) is 0.966. The van der Waals surface area contributed by atoms with E-state index < -0.39 is 0 Å². The molecule has 0 unspecified atom stereocenters. The Balaban J connectivity index is 1.36. The van der Waals surface area contributed by atoms with Gasteiger partial charge < -0.3 is 19.1 Å². The van der Waals surface area contributed by atoms with Crippen molar-refractivity contribution < 1.29 is 19.0 Å². The number of benzene rings is 1. The van der Waals surface area contributed by atoms with E-state index in [1.807, 2.05) is 18.2 Å². The van der Waals surface area contributed by atoms with E-state index in [0.29, 0.717) is 19.7 Å². The van der Waals surface area contributed by atoms with Gasteiger partial charge in [0.1, 0.15) is 18.5 Å². The molecule has 3 rings (SSSR count). The maximum Gasteiger partial charge on any atom is 0.248 e. The first-order valence-electron chi connectivity index (χ1n) is 8.48. The second-order valence-electron chi connectivity index (χ2n) is 6.15. The standard InChI is InChI=1S/C18H25NO4/c1-2-14-6-3-4-8-17(14)23-16-10-19(11-16)18(20)13-21-12-15-7-5-9-22-15/h3-4,6,8,15-16H,2,5,7,9-13H2,1H3/t15-/m0/s1. The fraction of sp³-hybridized carbons (Fsp3) is 0.611. The largest absolute Gasteiger partial charge is 0.486 e. The zero-order valence-corrected chi connectivity index (χ0v) is 13.7. The molecule has 2 aliphatic heterocycles. The zero-order valence-electron chi connectivity index (χ0n) is 13.7. The van der Waals surface area contributed by atoms with Crippen molar-refractivity contribution in [2.45, 2.75) is 38.4 Å². The fourth-order valence-electron chi connectivity index (χ4n) is 2.95. The molecule has 0 bridgehead atoms. The smallest absolute Gasteiger partial charge is 0.248 e. The van der Waals surface area contributed by atoms with Crippen LogP contribution in [0.25, 0.3) is 0 Å². The molecule has 0 spiro atoms. The van der Waals surface area contributed by atoms with Crippen LogP contribution in [0.4, 0.5) is 0 Å². The van der Waals surface area contributed by atoms with Crippen molar-refractivity contribution in [3.05, 3.63) is 29.8 Å². The molecule has 1 aromatic rings. The van der Waals surface area contributed by atoms with E-state index in [4.69, 9.17) is 14.2 Å². The van der Waals surface area contributed by atoms with Crippen molar-refractivity contribution >= 4 is 5.91 Å².